The van der Waals surface area contributed by atoms with E-state index in [0.717, 1.165) is 11.1 Å². The summed E-state index contributed by atoms with van der Waals surface area (Å²) in [5.41, 5.74) is 8.64. The second kappa shape index (κ2) is 11.3. The molecular weight excluding hydrogens is 511 g/mol. The number of fused-ring (bicyclic) bond motifs is 1. The summed E-state index contributed by atoms with van der Waals surface area (Å²) in [4.78, 5) is 25.9. The summed E-state index contributed by atoms with van der Waals surface area (Å²) in [6.07, 6.45) is 3.25. The van der Waals surface area contributed by atoms with Gasteiger partial charge in [-0.1, -0.05) is 42.5 Å². The molecule has 1 atom stereocenters. The van der Waals surface area contributed by atoms with Crippen LogP contribution in [0.2, 0.25) is 0 Å². The van der Waals surface area contributed by atoms with E-state index < -0.39 is 5.82 Å². The predicted octanol–water partition coefficient (Wildman–Crippen LogP) is 4.34. The fourth-order valence-electron chi connectivity index (χ4n) is 4.79. The second-order valence-corrected chi connectivity index (χ2v) is 9.20. The average molecular weight is 539 g/mol. The van der Waals surface area contributed by atoms with Crippen LogP contribution in [0.5, 0.6) is 11.5 Å². The molecule has 4 aromatic rings. The van der Waals surface area contributed by atoms with Gasteiger partial charge in [0.15, 0.2) is 17.3 Å². The molecule has 0 saturated carbocycles. The number of amides is 1. The lowest BCUT2D eigenvalue weighted by molar-refractivity contribution is -0.126. The normalized spacial score (nSPS) is 15.3. The van der Waals surface area contributed by atoms with Crippen LogP contribution >= 0.6 is 0 Å². The van der Waals surface area contributed by atoms with E-state index in [1.165, 1.54) is 20.3 Å². The van der Waals surface area contributed by atoms with Crippen molar-refractivity contribution in [2.75, 3.05) is 44.5 Å². The van der Waals surface area contributed by atoms with Gasteiger partial charge in [-0.05, 0) is 35.4 Å². The van der Waals surface area contributed by atoms with Crippen LogP contribution in [0, 0.1) is 17.1 Å². The molecule has 0 radical (unpaired) electrons. The highest BCUT2D eigenvalue weighted by Gasteiger charge is 2.32. The number of methoxy groups -OCH3 is 2. The third-order valence-corrected chi connectivity index (χ3v) is 6.89. The summed E-state index contributed by atoms with van der Waals surface area (Å²) in [6, 6.07) is 20.0. The number of carbonyl (C=O) groups excluding carboxylic acids is 1. The number of nitriles is 1. The van der Waals surface area contributed by atoms with Crippen molar-refractivity contribution >= 4 is 34.7 Å². The van der Waals surface area contributed by atoms with Gasteiger partial charge in [0.05, 0.1) is 31.9 Å². The van der Waals surface area contributed by atoms with Crippen LogP contribution in [0.25, 0.3) is 17.0 Å². The van der Waals surface area contributed by atoms with Crippen molar-refractivity contribution in [1.29, 1.82) is 5.26 Å². The molecule has 3 aromatic carbocycles. The standard InChI is InChI=1S/C30H27FN6O3/c1-39-24-16-22-27(26(31)28(24)40-2)34-30(35-29(22)33)37-15-14-36(18-23(37)21-6-4-3-5-7-21)25(38)13-12-19-8-10-20(17-32)11-9-19/h3-13,16,23H,14-15,18H2,1-2H3,(H2,33,34,35)/b13-12+/t23-/m1/s1. The Hall–Kier alpha value is -5.17. The number of nitrogen functional groups attached to an aromatic ring is 1. The Morgan fingerprint density at radius 3 is 2.52 bits per heavy atom. The van der Waals surface area contributed by atoms with E-state index in [4.69, 9.17) is 20.5 Å². The summed E-state index contributed by atoms with van der Waals surface area (Å²) in [5, 5.41) is 9.30. The minimum Gasteiger partial charge on any atom is -0.493 e. The predicted molar refractivity (Wildman–Crippen MR) is 150 cm³/mol. The third kappa shape index (κ3) is 5.09. The van der Waals surface area contributed by atoms with E-state index in [1.54, 1.807) is 41.3 Å². The molecule has 9 nitrogen and oxygen atoms in total. The molecule has 10 heteroatoms. The maximum absolute atomic E-state index is 15.5. The number of ether oxygens (including phenoxy) is 2. The van der Waals surface area contributed by atoms with E-state index in [-0.39, 0.29) is 40.7 Å². The number of rotatable bonds is 6. The fourth-order valence-corrected chi connectivity index (χ4v) is 4.79. The summed E-state index contributed by atoms with van der Waals surface area (Å²) < 4.78 is 25.9. The zero-order chi connectivity index (χ0) is 28.2. The number of halogens is 1. The Morgan fingerprint density at radius 2 is 1.85 bits per heavy atom. The zero-order valence-corrected chi connectivity index (χ0v) is 22.0. The van der Waals surface area contributed by atoms with Crippen molar-refractivity contribution in [2.24, 2.45) is 0 Å². The molecule has 1 amide bonds. The van der Waals surface area contributed by atoms with Crippen molar-refractivity contribution in [3.63, 3.8) is 0 Å². The van der Waals surface area contributed by atoms with Gasteiger partial charge in [0.1, 0.15) is 11.3 Å². The van der Waals surface area contributed by atoms with E-state index >= 15 is 4.39 Å². The lowest BCUT2D eigenvalue weighted by Gasteiger charge is -2.41. The molecule has 1 aliphatic heterocycles. The molecule has 2 heterocycles. The maximum Gasteiger partial charge on any atom is 0.246 e. The van der Waals surface area contributed by atoms with Crippen LogP contribution in [0.3, 0.4) is 0 Å². The van der Waals surface area contributed by atoms with E-state index in [0.29, 0.717) is 30.6 Å². The largest absolute Gasteiger partial charge is 0.493 e. The minimum absolute atomic E-state index is 0.0239. The molecule has 1 aromatic heterocycles. The molecule has 0 bridgehead atoms. The highest BCUT2D eigenvalue weighted by molar-refractivity contribution is 5.93. The SMILES string of the molecule is COc1cc2c(N)nc(N3CCN(C(=O)/C=C/c4ccc(C#N)cc4)C[C@@H]3c3ccccc3)nc2c(F)c1OC. The molecule has 0 unspecified atom stereocenters. The number of aromatic nitrogens is 2. The number of piperazine rings is 1. The van der Waals surface area contributed by atoms with Crippen molar-refractivity contribution < 1.29 is 18.7 Å². The Balaban J connectivity index is 1.47. The highest BCUT2D eigenvalue weighted by Crippen LogP contribution is 2.38. The van der Waals surface area contributed by atoms with Gasteiger partial charge in [0.25, 0.3) is 0 Å². The van der Waals surface area contributed by atoms with Crippen LogP contribution in [0.15, 0.2) is 66.7 Å². The second-order valence-electron chi connectivity index (χ2n) is 9.20. The van der Waals surface area contributed by atoms with Crippen LogP contribution in [-0.2, 0) is 4.79 Å². The first-order valence-electron chi connectivity index (χ1n) is 12.6. The smallest absolute Gasteiger partial charge is 0.246 e. The molecule has 40 heavy (non-hydrogen) atoms. The Kier molecular flexibility index (Phi) is 7.46. The van der Waals surface area contributed by atoms with Gasteiger partial charge in [0, 0.05) is 31.1 Å². The molecule has 2 N–H and O–H groups in total. The van der Waals surface area contributed by atoms with Gasteiger partial charge in [0.2, 0.25) is 11.9 Å². The monoisotopic (exact) mass is 538 g/mol. The van der Waals surface area contributed by atoms with E-state index in [2.05, 4.69) is 16.0 Å². The molecule has 202 valence electrons. The lowest BCUT2D eigenvalue weighted by Crippen LogP contribution is -2.50. The van der Waals surface area contributed by atoms with Crippen LogP contribution in [0.4, 0.5) is 16.2 Å². The zero-order valence-electron chi connectivity index (χ0n) is 22.0. The van der Waals surface area contributed by atoms with E-state index in [1.807, 2.05) is 35.2 Å². The molecule has 0 spiro atoms. The molecule has 1 fully saturated rings. The van der Waals surface area contributed by atoms with Crippen LogP contribution in [-0.4, -0.2) is 54.6 Å². The van der Waals surface area contributed by atoms with Gasteiger partial charge < -0.3 is 25.0 Å². The van der Waals surface area contributed by atoms with Gasteiger partial charge in [-0.25, -0.2) is 9.37 Å². The van der Waals surface area contributed by atoms with Gasteiger partial charge in [-0.15, -0.1) is 0 Å². The third-order valence-electron chi connectivity index (χ3n) is 6.89. The number of anilines is 2. The Bertz CT molecular complexity index is 1620. The summed E-state index contributed by atoms with van der Waals surface area (Å²) in [7, 11) is 2.77. The molecule has 1 saturated heterocycles. The van der Waals surface area contributed by atoms with Crippen molar-refractivity contribution in [3.8, 4) is 17.6 Å². The number of hydrogen-bond donors (Lipinski definition) is 1. The van der Waals surface area contributed by atoms with Crippen LogP contribution in [0.1, 0.15) is 22.7 Å². The topological polar surface area (TPSA) is 118 Å². The first-order valence-corrected chi connectivity index (χ1v) is 12.6. The number of nitrogens with zero attached hydrogens (tertiary/aromatic N) is 5. The van der Waals surface area contributed by atoms with Gasteiger partial charge in [-0.2, -0.15) is 10.2 Å². The first kappa shape index (κ1) is 26.4. The average Bonchev–Trinajstić information content (AvgIpc) is 3.00. The van der Waals surface area contributed by atoms with Crippen molar-refractivity contribution in [1.82, 2.24) is 14.9 Å². The number of carbonyl (C=O) groups is 1. The Morgan fingerprint density at radius 1 is 1.10 bits per heavy atom. The van der Waals surface area contributed by atoms with Gasteiger partial charge >= 0.3 is 0 Å². The lowest BCUT2D eigenvalue weighted by atomic mass is 10.0. The highest BCUT2D eigenvalue weighted by atomic mass is 19.1. The molecule has 1 aliphatic rings. The summed E-state index contributed by atoms with van der Waals surface area (Å²) >= 11 is 0. The van der Waals surface area contributed by atoms with Crippen LogP contribution < -0.4 is 20.1 Å². The van der Waals surface area contributed by atoms with E-state index in [9.17, 15) is 4.79 Å². The first-order chi connectivity index (χ1) is 19.4. The molecular formula is C30H27FN6O3. The Labute approximate surface area is 230 Å². The van der Waals surface area contributed by atoms with Crippen molar-refractivity contribution in [2.45, 2.75) is 6.04 Å². The number of nitrogens with two attached hydrogens (primary N) is 1. The summed E-state index contributed by atoms with van der Waals surface area (Å²) in [6.45, 7) is 1.15. The quantitative estimate of drug-likeness (QED) is 0.360. The maximum atomic E-state index is 15.5. The minimum atomic E-state index is -0.690. The molecule has 5 rings (SSSR count). The molecule has 0 aliphatic carbocycles. The van der Waals surface area contributed by atoms with Crippen molar-refractivity contribution in [3.05, 3.63) is 89.2 Å². The fraction of sp³-hybridized carbons (Fsp3) is 0.200. The summed E-state index contributed by atoms with van der Waals surface area (Å²) in [5.74, 6) is -0.347. The number of hydrogen-bond acceptors (Lipinski definition) is 8. The number of benzene rings is 3. The van der Waals surface area contributed by atoms with Gasteiger partial charge in [-0.3, -0.25) is 4.79 Å².